The number of carbonyl (C=O) groups is 2. The van der Waals surface area contributed by atoms with Crippen LogP contribution in [0.3, 0.4) is 0 Å². The van der Waals surface area contributed by atoms with Crippen LogP contribution in [0.15, 0.2) is 24.3 Å². The lowest BCUT2D eigenvalue weighted by Gasteiger charge is -2.27. The van der Waals surface area contributed by atoms with E-state index in [0.717, 1.165) is 18.4 Å². The van der Waals surface area contributed by atoms with E-state index in [9.17, 15) is 14.7 Å². The maximum absolute atomic E-state index is 12.5. The van der Waals surface area contributed by atoms with E-state index in [1.54, 1.807) is 40.9 Å². The zero-order valence-corrected chi connectivity index (χ0v) is 12.8. The maximum Gasteiger partial charge on any atom is 0.327 e. The van der Waals surface area contributed by atoms with E-state index in [1.807, 2.05) is 6.92 Å². The van der Waals surface area contributed by atoms with Crippen LogP contribution < -0.4 is 5.73 Å². The Kier molecular flexibility index (Phi) is 5.12. The highest BCUT2D eigenvalue weighted by Gasteiger charge is 2.40. The number of hydrogen-bond acceptors (Lipinski definition) is 4. The molecule has 5 nitrogen and oxygen atoms in total. The fraction of sp³-hybridized carbons (Fsp3) is 0.467. The molecule has 2 atom stereocenters. The van der Waals surface area contributed by atoms with Crippen molar-refractivity contribution in [3.8, 4) is 0 Å². The molecule has 0 aliphatic carbocycles. The summed E-state index contributed by atoms with van der Waals surface area (Å²) in [6.07, 6.45) is 1.96. The summed E-state index contributed by atoms with van der Waals surface area (Å²) in [4.78, 5) is 25.4. The number of nitrogens with zero attached hydrogens (tertiary/aromatic N) is 1. The first kappa shape index (κ1) is 15.7. The first-order valence-corrected chi connectivity index (χ1v) is 8.07. The fourth-order valence-corrected chi connectivity index (χ4v) is 3.99. The van der Waals surface area contributed by atoms with Crippen molar-refractivity contribution in [3.63, 3.8) is 0 Å². The number of carbonyl (C=O) groups excluding carboxylic acids is 1. The molecule has 0 aromatic heterocycles. The molecule has 2 unspecified atom stereocenters. The smallest absolute Gasteiger partial charge is 0.327 e. The Hall–Kier alpha value is -1.69. The van der Waals surface area contributed by atoms with Gasteiger partial charge in [0.2, 0.25) is 5.91 Å². The van der Waals surface area contributed by atoms with Crippen molar-refractivity contribution < 1.29 is 14.7 Å². The van der Waals surface area contributed by atoms with Crippen LogP contribution in [0.25, 0.3) is 0 Å². The minimum Gasteiger partial charge on any atom is -0.480 e. The lowest BCUT2D eigenvalue weighted by molar-refractivity contribution is -0.148. The second-order valence-corrected chi connectivity index (χ2v) is 6.36. The first-order chi connectivity index (χ1) is 10.0. The van der Waals surface area contributed by atoms with Gasteiger partial charge in [0, 0.05) is 11.4 Å². The second kappa shape index (κ2) is 6.85. The standard InChI is InChI=1S/C15H20N2O3S/c1-2-3-14-17(12(9-21-14)15(19)20)13(18)8-10-4-6-11(16)7-5-10/h4-7,12,14H,2-3,8-9,16H2,1H3,(H,19,20). The average Bonchev–Trinajstić information content (AvgIpc) is 2.86. The number of anilines is 1. The molecule has 1 aliphatic rings. The van der Waals surface area contributed by atoms with Gasteiger partial charge in [-0.25, -0.2) is 4.79 Å². The third-order valence-corrected chi connectivity index (χ3v) is 4.89. The minimum atomic E-state index is -0.924. The predicted molar refractivity (Wildman–Crippen MR) is 84.0 cm³/mol. The van der Waals surface area contributed by atoms with Gasteiger partial charge in [-0.15, -0.1) is 11.8 Å². The highest BCUT2D eigenvalue weighted by molar-refractivity contribution is 8.00. The van der Waals surface area contributed by atoms with E-state index in [4.69, 9.17) is 5.73 Å². The molecule has 1 aromatic rings. The summed E-state index contributed by atoms with van der Waals surface area (Å²) in [7, 11) is 0. The summed E-state index contributed by atoms with van der Waals surface area (Å²) in [5.74, 6) is -0.588. The lowest BCUT2D eigenvalue weighted by Crippen LogP contribution is -2.46. The molecule has 1 fully saturated rings. The van der Waals surface area contributed by atoms with Crippen molar-refractivity contribution in [2.75, 3.05) is 11.5 Å². The van der Waals surface area contributed by atoms with Crippen LogP contribution in [0.4, 0.5) is 5.69 Å². The maximum atomic E-state index is 12.5. The van der Waals surface area contributed by atoms with Gasteiger partial charge in [-0.05, 0) is 24.1 Å². The number of nitrogen functional groups attached to an aromatic ring is 1. The largest absolute Gasteiger partial charge is 0.480 e. The van der Waals surface area contributed by atoms with E-state index >= 15 is 0 Å². The molecule has 1 saturated heterocycles. The highest BCUT2D eigenvalue weighted by atomic mass is 32.2. The molecular formula is C15H20N2O3S. The highest BCUT2D eigenvalue weighted by Crippen LogP contribution is 2.32. The number of carboxylic acid groups (broad SMARTS) is 1. The Morgan fingerprint density at radius 2 is 2.05 bits per heavy atom. The molecule has 1 amide bonds. The molecule has 21 heavy (non-hydrogen) atoms. The Bertz CT molecular complexity index is 518. The van der Waals surface area contributed by atoms with Crippen molar-refractivity contribution in [3.05, 3.63) is 29.8 Å². The molecule has 6 heteroatoms. The number of amides is 1. The number of thioether (sulfide) groups is 1. The van der Waals surface area contributed by atoms with Gasteiger partial charge >= 0.3 is 5.97 Å². The van der Waals surface area contributed by atoms with Crippen LogP contribution in [0.1, 0.15) is 25.3 Å². The Labute approximate surface area is 128 Å². The second-order valence-electron chi connectivity index (χ2n) is 5.15. The molecule has 2 rings (SSSR count). The Morgan fingerprint density at radius 3 is 2.62 bits per heavy atom. The van der Waals surface area contributed by atoms with Crippen molar-refractivity contribution >= 4 is 29.3 Å². The normalized spacial score (nSPS) is 21.5. The minimum absolute atomic E-state index is 0.0302. The summed E-state index contributed by atoms with van der Waals surface area (Å²) >= 11 is 1.56. The number of carboxylic acids is 1. The van der Waals surface area contributed by atoms with Crippen LogP contribution in [0.5, 0.6) is 0 Å². The molecule has 0 radical (unpaired) electrons. The molecule has 1 heterocycles. The first-order valence-electron chi connectivity index (χ1n) is 7.03. The number of hydrogen-bond donors (Lipinski definition) is 2. The van der Waals surface area contributed by atoms with E-state index in [-0.39, 0.29) is 17.7 Å². The average molecular weight is 308 g/mol. The third kappa shape index (κ3) is 3.69. The summed E-state index contributed by atoms with van der Waals surface area (Å²) < 4.78 is 0. The van der Waals surface area contributed by atoms with Gasteiger partial charge in [-0.3, -0.25) is 4.79 Å². The molecule has 1 aromatic carbocycles. The SMILES string of the molecule is CCCC1SCC(C(=O)O)N1C(=O)Cc1ccc(N)cc1. The Balaban J connectivity index is 2.12. The van der Waals surface area contributed by atoms with Crippen LogP contribution in [0, 0.1) is 0 Å². The number of benzene rings is 1. The van der Waals surface area contributed by atoms with E-state index < -0.39 is 12.0 Å². The van der Waals surface area contributed by atoms with Gasteiger partial charge in [0.25, 0.3) is 0 Å². The van der Waals surface area contributed by atoms with E-state index in [1.165, 1.54) is 0 Å². The number of nitrogens with two attached hydrogens (primary N) is 1. The monoisotopic (exact) mass is 308 g/mol. The molecular weight excluding hydrogens is 288 g/mol. The quantitative estimate of drug-likeness (QED) is 0.813. The zero-order valence-electron chi connectivity index (χ0n) is 12.0. The van der Waals surface area contributed by atoms with E-state index in [2.05, 4.69) is 0 Å². The molecule has 1 aliphatic heterocycles. The molecule has 0 saturated carbocycles. The predicted octanol–water partition coefficient (Wildman–Crippen LogP) is 1.97. The zero-order chi connectivity index (χ0) is 15.4. The van der Waals surface area contributed by atoms with Crippen LogP contribution in [-0.2, 0) is 16.0 Å². The van der Waals surface area contributed by atoms with Gasteiger partial charge in [0.15, 0.2) is 0 Å². The van der Waals surface area contributed by atoms with Crippen molar-refractivity contribution in [1.82, 2.24) is 4.90 Å². The van der Waals surface area contributed by atoms with E-state index in [0.29, 0.717) is 11.4 Å². The summed E-state index contributed by atoms with van der Waals surface area (Å²) in [5.41, 5.74) is 7.13. The van der Waals surface area contributed by atoms with Gasteiger partial charge in [0.1, 0.15) is 6.04 Å². The summed E-state index contributed by atoms with van der Waals surface area (Å²) in [6.45, 7) is 2.04. The summed E-state index contributed by atoms with van der Waals surface area (Å²) in [5, 5.41) is 9.27. The van der Waals surface area contributed by atoms with Gasteiger partial charge in [-0.1, -0.05) is 25.5 Å². The number of rotatable bonds is 5. The van der Waals surface area contributed by atoms with Crippen LogP contribution >= 0.6 is 11.8 Å². The van der Waals surface area contributed by atoms with Crippen molar-refractivity contribution in [2.45, 2.75) is 37.6 Å². The number of aliphatic carboxylic acids is 1. The third-order valence-electron chi connectivity index (χ3n) is 3.54. The van der Waals surface area contributed by atoms with Crippen molar-refractivity contribution in [1.29, 1.82) is 0 Å². The summed E-state index contributed by atoms with van der Waals surface area (Å²) in [6, 6.07) is 6.40. The van der Waals surface area contributed by atoms with Gasteiger partial charge in [-0.2, -0.15) is 0 Å². The topological polar surface area (TPSA) is 83.6 Å². The molecule has 114 valence electrons. The Morgan fingerprint density at radius 1 is 1.38 bits per heavy atom. The molecule has 3 N–H and O–H groups in total. The van der Waals surface area contributed by atoms with Crippen LogP contribution in [-0.4, -0.2) is 39.1 Å². The van der Waals surface area contributed by atoms with Crippen molar-refractivity contribution in [2.24, 2.45) is 0 Å². The van der Waals surface area contributed by atoms with Crippen LogP contribution in [0.2, 0.25) is 0 Å². The van der Waals surface area contributed by atoms with Gasteiger partial charge in [0.05, 0.1) is 11.8 Å². The van der Waals surface area contributed by atoms with Gasteiger partial charge < -0.3 is 15.7 Å². The lowest BCUT2D eigenvalue weighted by atomic mass is 10.1. The fourth-order valence-electron chi connectivity index (χ4n) is 2.46. The molecule has 0 spiro atoms. The molecule has 0 bridgehead atoms.